The number of benzene rings is 1. The summed E-state index contributed by atoms with van der Waals surface area (Å²) in [4.78, 5) is 34.4. The SMILES string of the molecule is CC(C(N)=O)n1ccc2c(C(=O)O)cccc2c1=O. The molecule has 1 heterocycles. The number of nitrogens with zero attached hydrogens (tertiary/aromatic N) is 1. The molecule has 0 fully saturated rings. The number of primary amides is 1. The summed E-state index contributed by atoms with van der Waals surface area (Å²) in [5, 5.41) is 9.64. The average molecular weight is 260 g/mol. The van der Waals surface area contributed by atoms with Gasteiger partial charge in [0.05, 0.1) is 5.56 Å². The number of hydrogen-bond donors (Lipinski definition) is 2. The number of hydrogen-bond acceptors (Lipinski definition) is 3. The van der Waals surface area contributed by atoms with E-state index < -0.39 is 23.5 Å². The van der Waals surface area contributed by atoms with Gasteiger partial charge in [0.15, 0.2) is 0 Å². The molecule has 2 aromatic rings. The van der Waals surface area contributed by atoms with Crippen molar-refractivity contribution in [1.29, 1.82) is 0 Å². The van der Waals surface area contributed by atoms with Crippen LogP contribution in [0.25, 0.3) is 10.8 Å². The lowest BCUT2D eigenvalue weighted by molar-refractivity contribution is -0.120. The molecule has 0 aliphatic heterocycles. The molecule has 1 aromatic carbocycles. The molecule has 1 atom stereocenters. The molecular formula is C13H12N2O4. The summed E-state index contributed by atoms with van der Waals surface area (Å²) in [5.74, 6) is -1.73. The number of aromatic carboxylic acids is 1. The Morgan fingerprint density at radius 2 is 1.95 bits per heavy atom. The molecule has 1 unspecified atom stereocenters. The molecule has 0 radical (unpaired) electrons. The Labute approximate surface area is 108 Å². The van der Waals surface area contributed by atoms with Crippen molar-refractivity contribution in [2.45, 2.75) is 13.0 Å². The van der Waals surface area contributed by atoms with E-state index in [1.807, 2.05) is 0 Å². The van der Waals surface area contributed by atoms with E-state index in [1.54, 1.807) is 0 Å². The van der Waals surface area contributed by atoms with Gasteiger partial charge in [-0.3, -0.25) is 9.59 Å². The second-order valence-corrected chi connectivity index (χ2v) is 4.18. The zero-order valence-corrected chi connectivity index (χ0v) is 10.2. The Balaban J connectivity index is 2.77. The van der Waals surface area contributed by atoms with E-state index in [2.05, 4.69) is 0 Å². The van der Waals surface area contributed by atoms with Gasteiger partial charge in [-0.05, 0) is 25.1 Å². The van der Waals surface area contributed by atoms with Gasteiger partial charge in [-0.2, -0.15) is 0 Å². The maximum absolute atomic E-state index is 12.2. The summed E-state index contributed by atoms with van der Waals surface area (Å²) >= 11 is 0. The molecule has 0 saturated heterocycles. The number of pyridine rings is 1. The van der Waals surface area contributed by atoms with Gasteiger partial charge in [0.25, 0.3) is 5.56 Å². The van der Waals surface area contributed by atoms with Crippen LogP contribution in [0.2, 0.25) is 0 Å². The van der Waals surface area contributed by atoms with Gasteiger partial charge in [-0.1, -0.05) is 6.07 Å². The molecule has 0 bridgehead atoms. The molecule has 2 rings (SSSR count). The predicted octanol–water partition coefficient (Wildman–Crippen LogP) is 0.746. The number of aromatic nitrogens is 1. The van der Waals surface area contributed by atoms with Gasteiger partial charge < -0.3 is 15.4 Å². The number of carboxylic acids is 1. The van der Waals surface area contributed by atoms with E-state index >= 15 is 0 Å². The molecule has 0 aliphatic rings. The Kier molecular flexibility index (Phi) is 3.08. The standard InChI is InChI=1S/C13H12N2O4/c1-7(11(14)16)15-6-5-8-9(12(15)17)3-2-4-10(8)13(18)19/h2-7H,1H3,(H2,14,16)(H,18,19). The summed E-state index contributed by atoms with van der Waals surface area (Å²) in [6.07, 6.45) is 1.38. The highest BCUT2D eigenvalue weighted by Crippen LogP contribution is 2.16. The number of fused-ring (bicyclic) bond motifs is 1. The van der Waals surface area contributed by atoms with Crippen LogP contribution in [-0.2, 0) is 4.79 Å². The third-order valence-electron chi connectivity index (χ3n) is 3.03. The van der Waals surface area contributed by atoms with Gasteiger partial charge in [0.1, 0.15) is 6.04 Å². The van der Waals surface area contributed by atoms with Crippen LogP contribution in [0.5, 0.6) is 0 Å². The number of rotatable bonds is 3. The fourth-order valence-corrected chi connectivity index (χ4v) is 1.92. The molecule has 0 aliphatic carbocycles. The summed E-state index contributed by atoms with van der Waals surface area (Å²) in [5.41, 5.74) is 4.78. The molecule has 0 saturated carbocycles. The van der Waals surface area contributed by atoms with Crippen molar-refractivity contribution in [2.75, 3.05) is 0 Å². The lowest BCUT2D eigenvalue weighted by Crippen LogP contribution is -2.31. The minimum Gasteiger partial charge on any atom is -0.478 e. The van der Waals surface area contributed by atoms with Crippen molar-refractivity contribution in [1.82, 2.24) is 4.57 Å². The first-order chi connectivity index (χ1) is 8.93. The highest BCUT2D eigenvalue weighted by atomic mass is 16.4. The Morgan fingerprint density at radius 3 is 2.53 bits per heavy atom. The number of carbonyl (C=O) groups excluding carboxylic acids is 1. The van der Waals surface area contributed by atoms with Crippen LogP contribution in [0.1, 0.15) is 23.3 Å². The van der Waals surface area contributed by atoms with Crippen molar-refractivity contribution in [3.8, 4) is 0 Å². The lowest BCUT2D eigenvalue weighted by atomic mass is 10.1. The highest BCUT2D eigenvalue weighted by Gasteiger charge is 2.16. The average Bonchev–Trinajstić information content (AvgIpc) is 2.37. The van der Waals surface area contributed by atoms with Crippen LogP contribution >= 0.6 is 0 Å². The maximum atomic E-state index is 12.2. The largest absolute Gasteiger partial charge is 0.478 e. The van der Waals surface area contributed by atoms with Crippen molar-refractivity contribution in [3.63, 3.8) is 0 Å². The molecule has 3 N–H and O–H groups in total. The van der Waals surface area contributed by atoms with Crippen molar-refractivity contribution in [3.05, 3.63) is 46.4 Å². The van der Waals surface area contributed by atoms with E-state index in [-0.39, 0.29) is 10.9 Å². The molecular weight excluding hydrogens is 248 g/mol. The smallest absolute Gasteiger partial charge is 0.336 e. The predicted molar refractivity (Wildman–Crippen MR) is 69.1 cm³/mol. The summed E-state index contributed by atoms with van der Waals surface area (Å²) in [6.45, 7) is 1.51. The third-order valence-corrected chi connectivity index (χ3v) is 3.03. The van der Waals surface area contributed by atoms with Crippen molar-refractivity contribution < 1.29 is 14.7 Å². The summed E-state index contributed by atoms with van der Waals surface area (Å²) in [6, 6.07) is 5.15. The molecule has 0 spiro atoms. The molecule has 1 aromatic heterocycles. The number of nitrogens with two attached hydrogens (primary N) is 1. The van der Waals surface area contributed by atoms with Gasteiger partial charge >= 0.3 is 5.97 Å². The Bertz CT molecular complexity index is 733. The topological polar surface area (TPSA) is 102 Å². The Hall–Kier alpha value is -2.63. The van der Waals surface area contributed by atoms with Crippen molar-refractivity contribution >= 4 is 22.6 Å². The molecule has 98 valence electrons. The number of carboxylic acid groups (broad SMARTS) is 1. The first kappa shape index (κ1) is 12.8. The van der Waals surface area contributed by atoms with Crippen LogP contribution in [0.15, 0.2) is 35.3 Å². The molecule has 1 amide bonds. The first-order valence-electron chi connectivity index (χ1n) is 5.60. The maximum Gasteiger partial charge on any atom is 0.336 e. The summed E-state index contributed by atoms with van der Waals surface area (Å²) < 4.78 is 1.19. The van der Waals surface area contributed by atoms with Gasteiger partial charge in [-0.15, -0.1) is 0 Å². The van der Waals surface area contributed by atoms with Crippen LogP contribution in [-0.4, -0.2) is 21.6 Å². The quantitative estimate of drug-likeness (QED) is 0.849. The first-order valence-corrected chi connectivity index (χ1v) is 5.60. The lowest BCUT2D eigenvalue weighted by Gasteiger charge is -2.12. The molecule has 19 heavy (non-hydrogen) atoms. The highest BCUT2D eigenvalue weighted by molar-refractivity contribution is 6.03. The number of amides is 1. The zero-order valence-electron chi connectivity index (χ0n) is 10.2. The van der Waals surface area contributed by atoms with E-state index in [9.17, 15) is 14.4 Å². The van der Waals surface area contributed by atoms with Crippen LogP contribution in [0.4, 0.5) is 0 Å². The van der Waals surface area contributed by atoms with Gasteiger partial charge in [-0.25, -0.2) is 4.79 Å². The van der Waals surface area contributed by atoms with E-state index in [1.165, 1.54) is 42.0 Å². The Morgan fingerprint density at radius 1 is 1.26 bits per heavy atom. The van der Waals surface area contributed by atoms with E-state index in [0.717, 1.165) is 0 Å². The molecule has 6 heteroatoms. The summed E-state index contributed by atoms with van der Waals surface area (Å²) in [7, 11) is 0. The van der Waals surface area contributed by atoms with Crippen molar-refractivity contribution in [2.24, 2.45) is 5.73 Å². The fraction of sp³-hybridized carbons (Fsp3) is 0.154. The minimum atomic E-state index is -1.11. The second-order valence-electron chi connectivity index (χ2n) is 4.18. The zero-order chi connectivity index (χ0) is 14.2. The van der Waals surface area contributed by atoms with Gasteiger partial charge in [0.2, 0.25) is 5.91 Å². The minimum absolute atomic E-state index is 0.0495. The number of carbonyl (C=O) groups is 2. The fourth-order valence-electron chi connectivity index (χ4n) is 1.92. The van der Waals surface area contributed by atoms with Gasteiger partial charge in [0, 0.05) is 17.0 Å². The van der Waals surface area contributed by atoms with E-state index in [4.69, 9.17) is 10.8 Å². The normalized spacial score (nSPS) is 12.3. The van der Waals surface area contributed by atoms with Crippen LogP contribution < -0.4 is 11.3 Å². The second kappa shape index (κ2) is 4.56. The van der Waals surface area contributed by atoms with E-state index in [0.29, 0.717) is 5.39 Å². The van der Waals surface area contributed by atoms with Crippen LogP contribution in [0.3, 0.4) is 0 Å². The molecule has 6 nitrogen and oxygen atoms in total. The monoisotopic (exact) mass is 260 g/mol. The third kappa shape index (κ3) is 2.08. The van der Waals surface area contributed by atoms with Crippen LogP contribution in [0, 0.1) is 0 Å².